The first kappa shape index (κ1) is 17.6. The van der Waals surface area contributed by atoms with Gasteiger partial charge in [0.2, 0.25) is 0 Å². The number of hydrogen-bond donors (Lipinski definition) is 2. The molecule has 0 saturated carbocycles. The molecule has 0 aliphatic heterocycles. The van der Waals surface area contributed by atoms with Gasteiger partial charge in [-0.2, -0.15) is 0 Å². The molecule has 0 radical (unpaired) electrons. The number of para-hydroxylation sites is 2. The molecule has 0 fully saturated rings. The van der Waals surface area contributed by atoms with Gasteiger partial charge in [-0.05, 0) is 29.2 Å². The Labute approximate surface area is 153 Å². The second-order valence-electron chi connectivity index (χ2n) is 7.03. The van der Waals surface area contributed by atoms with Crippen LogP contribution in [0.5, 0.6) is 0 Å². The Morgan fingerprint density at radius 2 is 1.58 bits per heavy atom. The molecule has 132 valence electrons. The predicted octanol–water partition coefficient (Wildman–Crippen LogP) is 4.77. The van der Waals surface area contributed by atoms with Crippen molar-refractivity contribution < 1.29 is 4.79 Å². The van der Waals surface area contributed by atoms with E-state index in [0.29, 0.717) is 5.82 Å². The average molecular weight is 346 g/mol. The van der Waals surface area contributed by atoms with Gasteiger partial charge in [0.25, 0.3) is 5.91 Å². The van der Waals surface area contributed by atoms with E-state index in [-0.39, 0.29) is 17.0 Å². The molecule has 1 heterocycles. The monoisotopic (exact) mass is 346 g/mol. The molecule has 2 N–H and O–H groups in total. The van der Waals surface area contributed by atoms with Gasteiger partial charge in [-0.1, -0.05) is 57.2 Å². The van der Waals surface area contributed by atoms with Gasteiger partial charge < -0.3 is 10.6 Å². The van der Waals surface area contributed by atoms with Crippen LogP contribution in [0.3, 0.4) is 0 Å². The van der Waals surface area contributed by atoms with E-state index in [4.69, 9.17) is 0 Å². The van der Waals surface area contributed by atoms with Crippen LogP contribution in [0.2, 0.25) is 0 Å². The molecule has 5 nitrogen and oxygen atoms in total. The van der Waals surface area contributed by atoms with Gasteiger partial charge in [-0.25, -0.2) is 9.97 Å². The summed E-state index contributed by atoms with van der Waals surface area (Å²) in [6, 6.07) is 17.5. The van der Waals surface area contributed by atoms with Crippen molar-refractivity contribution in [3.05, 3.63) is 78.2 Å². The Balaban J connectivity index is 1.73. The molecule has 2 aromatic carbocycles. The first-order valence-corrected chi connectivity index (χ1v) is 8.48. The molecular formula is C21H22N4O. The Bertz CT molecular complexity index is 884. The van der Waals surface area contributed by atoms with Crippen LogP contribution < -0.4 is 10.6 Å². The summed E-state index contributed by atoms with van der Waals surface area (Å²) in [7, 11) is 0. The highest BCUT2D eigenvalue weighted by molar-refractivity contribution is 6.03. The topological polar surface area (TPSA) is 66.9 Å². The van der Waals surface area contributed by atoms with Crippen LogP contribution in [0.25, 0.3) is 0 Å². The zero-order valence-electron chi connectivity index (χ0n) is 15.2. The number of amides is 1. The van der Waals surface area contributed by atoms with E-state index >= 15 is 0 Å². The number of nitrogens with one attached hydrogen (secondary N) is 2. The van der Waals surface area contributed by atoms with E-state index < -0.39 is 0 Å². The van der Waals surface area contributed by atoms with Gasteiger partial charge in [0.05, 0.1) is 12.4 Å². The predicted molar refractivity (Wildman–Crippen MR) is 105 cm³/mol. The van der Waals surface area contributed by atoms with Crippen LogP contribution in [-0.4, -0.2) is 15.9 Å². The molecule has 0 aliphatic carbocycles. The van der Waals surface area contributed by atoms with Gasteiger partial charge >= 0.3 is 0 Å². The maximum atomic E-state index is 12.5. The van der Waals surface area contributed by atoms with Gasteiger partial charge in [0, 0.05) is 11.4 Å². The highest BCUT2D eigenvalue weighted by Crippen LogP contribution is 2.29. The van der Waals surface area contributed by atoms with Crippen LogP contribution in [0.1, 0.15) is 36.8 Å². The lowest BCUT2D eigenvalue weighted by Gasteiger charge is -2.22. The number of rotatable bonds is 4. The smallest absolute Gasteiger partial charge is 0.275 e. The average Bonchev–Trinajstić information content (AvgIpc) is 2.63. The summed E-state index contributed by atoms with van der Waals surface area (Å²) in [6.07, 6.45) is 3.03. The summed E-state index contributed by atoms with van der Waals surface area (Å²) in [4.78, 5) is 21.0. The maximum absolute atomic E-state index is 12.5. The fourth-order valence-corrected chi connectivity index (χ4v) is 2.61. The fraction of sp³-hybridized carbons (Fsp3) is 0.190. The normalized spacial score (nSPS) is 11.0. The van der Waals surface area contributed by atoms with Gasteiger partial charge in [0.1, 0.15) is 11.5 Å². The lowest BCUT2D eigenvalue weighted by molar-refractivity contribution is 0.102. The van der Waals surface area contributed by atoms with E-state index in [1.807, 2.05) is 54.6 Å². The third kappa shape index (κ3) is 4.25. The molecule has 3 rings (SSSR count). The minimum Gasteiger partial charge on any atom is -0.339 e. The third-order valence-electron chi connectivity index (χ3n) is 3.91. The zero-order chi connectivity index (χ0) is 18.6. The molecule has 0 atom stereocenters. The van der Waals surface area contributed by atoms with Crippen LogP contribution in [0.15, 0.2) is 67.0 Å². The molecule has 0 bridgehead atoms. The van der Waals surface area contributed by atoms with Crippen molar-refractivity contribution in [2.75, 3.05) is 10.6 Å². The first-order valence-electron chi connectivity index (χ1n) is 8.48. The van der Waals surface area contributed by atoms with Crippen molar-refractivity contribution in [2.24, 2.45) is 0 Å². The number of hydrogen-bond acceptors (Lipinski definition) is 4. The lowest BCUT2D eigenvalue weighted by Crippen LogP contribution is -2.19. The first-order chi connectivity index (χ1) is 12.4. The van der Waals surface area contributed by atoms with Crippen LogP contribution in [0, 0.1) is 0 Å². The Morgan fingerprint density at radius 3 is 2.23 bits per heavy atom. The second-order valence-corrected chi connectivity index (χ2v) is 7.03. The summed E-state index contributed by atoms with van der Waals surface area (Å²) >= 11 is 0. The molecule has 26 heavy (non-hydrogen) atoms. The van der Waals surface area contributed by atoms with Crippen LogP contribution in [-0.2, 0) is 5.41 Å². The number of aromatic nitrogens is 2. The standard InChI is InChI=1S/C21H22N4O/c1-21(2,3)16-11-7-8-12-17(16)25-20(26)18-13-23-19(14-22-18)24-15-9-5-4-6-10-15/h4-14H,1-3H3,(H,23,24)(H,25,26). The van der Waals surface area contributed by atoms with Gasteiger partial charge in [0.15, 0.2) is 0 Å². The van der Waals surface area contributed by atoms with E-state index in [2.05, 4.69) is 41.4 Å². The molecule has 3 aromatic rings. The van der Waals surface area contributed by atoms with Crippen molar-refractivity contribution in [3.63, 3.8) is 0 Å². The van der Waals surface area contributed by atoms with Crippen molar-refractivity contribution in [1.29, 1.82) is 0 Å². The molecule has 1 aromatic heterocycles. The molecule has 0 saturated heterocycles. The third-order valence-corrected chi connectivity index (χ3v) is 3.91. The van der Waals surface area contributed by atoms with E-state index in [0.717, 1.165) is 16.9 Å². The van der Waals surface area contributed by atoms with Crippen LogP contribution in [0.4, 0.5) is 17.2 Å². The Morgan fingerprint density at radius 1 is 0.885 bits per heavy atom. The minimum absolute atomic E-state index is 0.0704. The molecule has 5 heteroatoms. The van der Waals surface area contributed by atoms with E-state index in [9.17, 15) is 4.79 Å². The number of carbonyl (C=O) groups excluding carboxylic acids is 1. The van der Waals surface area contributed by atoms with Crippen molar-refractivity contribution in [1.82, 2.24) is 9.97 Å². The maximum Gasteiger partial charge on any atom is 0.275 e. The minimum atomic E-state index is -0.277. The molecule has 0 spiro atoms. The van der Waals surface area contributed by atoms with E-state index in [1.165, 1.54) is 6.20 Å². The lowest BCUT2D eigenvalue weighted by atomic mass is 9.86. The molecule has 0 unspecified atom stereocenters. The van der Waals surface area contributed by atoms with Crippen molar-refractivity contribution in [2.45, 2.75) is 26.2 Å². The quantitative estimate of drug-likeness (QED) is 0.714. The fourth-order valence-electron chi connectivity index (χ4n) is 2.61. The Hall–Kier alpha value is -3.21. The second kappa shape index (κ2) is 7.35. The number of carbonyl (C=O) groups is 1. The molecule has 0 aliphatic rings. The van der Waals surface area contributed by atoms with Crippen molar-refractivity contribution >= 4 is 23.1 Å². The molecular weight excluding hydrogens is 324 g/mol. The van der Waals surface area contributed by atoms with Gasteiger partial charge in [-0.15, -0.1) is 0 Å². The molecule has 1 amide bonds. The van der Waals surface area contributed by atoms with E-state index in [1.54, 1.807) is 6.20 Å². The summed E-state index contributed by atoms with van der Waals surface area (Å²) < 4.78 is 0. The summed E-state index contributed by atoms with van der Waals surface area (Å²) in [5, 5.41) is 6.08. The number of anilines is 3. The van der Waals surface area contributed by atoms with Crippen LogP contribution >= 0.6 is 0 Å². The Kier molecular flexibility index (Phi) is 4.98. The zero-order valence-corrected chi connectivity index (χ0v) is 15.2. The summed E-state index contributed by atoms with van der Waals surface area (Å²) in [6.45, 7) is 6.34. The number of nitrogens with zero attached hydrogens (tertiary/aromatic N) is 2. The largest absolute Gasteiger partial charge is 0.339 e. The highest BCUT2D eigenvalue weighted by Gasteiger charge is 2.19. The number of benzene rings is 2. The summed E-state index contributed by atoms with van der Waals surface area (Å²) in [5.41, 5.74) is 2.98. The SMILES string of the molecule is CC(C)(C)c1ccccc1NC(=O)c1cnc(Nc2ccccc2)cn1. The highest BCUT2D eigenvalue weighted by atomic mass is 16.1. The van der Waals surface area contributed by atoms with Crippen molar-refractivity contribution in [3.8, 4) is 0 Å². The van der Waals surface area contributed by atoms with Gasteiger partial charge in [-0.3, -0.25) is 4.79 Å². The summed E-state index contributed by atoms with van der Waals surface area (Å²) in [5.74, 6) is 0.309.